The van der Waals surface area contributed by atoms with Crippen LogP contribution in [0.5, 0.6) is 0 Å². The van der Waals surface area contributed by atoms with Crippen LogP contribution in [0.25, 0.3) is 0 Å². The summed E-state index contributed by atoms with van der Waals surface area (Å²) in [6.07, 6.45) is 0.148. The van der Waals surface area contributed by atoms with Crippen LogP contribution in [-0.2, 0) is 32.6 Å². The Balaban J connectivity index is 1.83. The van der Waals surface area contributed by atoms with Gasteiger partial charge in [0.2, 0.25) is 11.8 Å². The highest BCUT2D eigenvalue weighted by Gasteiger charge is 2.35. The highest BCUT2D eigenvalue weighted by atomic mass is 32.2. The van der Waals surface area contributed by atoms with Crippen LogP contribution in [0.1, 0.15) is 27.8 Å². The molecule has 9 heteroatoms. The summed E-state index contributed by atoms with van der Waals surface area (Å²) >= 11 is 0. The lowest BCUT2D eigenvalue weighted by Gasteiger charge is -2.34. The van der Waals surface area contributed by atoms with Gasteiger partial charge in [0.15, 0.2) is 0 Å². The molecule has 1 atom stereocenters. The Bertz CT molecular complexity index is 1690. The number of rotatable bonds is 11. The Hall–Kier alpha value is -4.50. The fourth-order valence-corrected chi connectivity index (χ4v) is 6.34. The van der Waals surface area contributed by atoms with Crippen molar-refractivity contribution in [3.05, 3.63) is 131 Å². The van der Waals surface area contributed by atoms with Gasteiger partial charge in [-0.25, -0.2) is 12.8 Å². The number of carbonyl (C=O) groups excluding carboxylic acids is 2. The molecule has 4 rings (SSSR count). The molecule has 4 aromatic carbocycles. The minimum absolute atomic E-state index is 0.0274. The summed E-state index contributed by atoms with van der Waals surface area (Å²) in [5, 5.41) is 2.63. The van der Waals surface area contributed by atoms with Gasteiger partial charge in [0.25, 0.3) is 10.0 Å². The molecule has 43 heavy (non-hydrogen) atoms. The molecule has 0 bridgehead atoms. The topological polar surface area (TPSA) is 86.8 Å². The zero-order valence-corrected chi connectivity index (χ0v) is 25.6. The summed E-state index contributed by atoms with van der Waals surface area (Å²) in [6, 6.07) is 26.0. The Morgan fingerprint density at radius 1 is 0.837 bits per heavy atom. The van der Waals surface area contributed by atoms with E-state index in [9.17, 15) is 22.4 Å². The lowest BCUT2D eigenvalue weighted by Crippen LogP contribution is -2.53. The fraction of sp³-hybridized carbons (Fsp3) is 0.235. The van der Waals surface area contributed by atoms with Crippen LogP contribution in [0, 0.1) is 26.6 Å². The number of halogens is 1. The van der Waals surface area contributed by atoms with E-state index >= 15 is 0 Å². The second kappa shape index (κ2) is 13.6. The van der Waals surface area contributed by atoms with Crippen molar-refractivity contribution in [3.63, 3.8) is 0 Å². The molecule has 224 valence electrons. The molecule has 4 aromatic rings. The first-order valence-corrected chi connectivity index (χ1v) is 15.4. The second-order valence-corrected chi connectivity index (χ2v) is 12.4. The van der Waals surface area contributed by atoms with Crippen molar-refractivity contribution in [1.82, 2.24) is 10.2 Å². The van der Waals surface area contributed by atoms with Crippen molar-refractivity contribution in [2.24, 2.45) is 0 Å². The molecular weight excluding hydrogens is 565 g/mol. The average molecular weight is 602 g/mol. The van der Waals surface area contributed by atoms with E-state index in [0.717, 1.165) is 21.0 Å². The molecule has 2 amide bonds. The lowest BCUT2D eigenvalue weighted by molar-refractivity contribution is -0.139. The van der Waals surface area contributed by atoms with Crippen molar-refractivity contribution >= 4 is 27.5 Å². The number of benzene rings is 4. The molecule has 0 radical (unpaired) electrons. The molecule has 0 aliphatic carbocycles. The maximum absolute atomic E-state index is 14.9. The molecule has 0 aliphatic heterocycles. The predicted molar refractivity (Wildman–Crippen MR) is 167 cm³/mol. The van der Waals surface area contributed by atoms with Crippen LogP contribution in [0.4, 0.5) is 10.1 Å². The number of likely N-dealkylation sites (N-methyl/N-ethyl adjacent to an activating group) is 1. The fourth-order valence-electron chi connectivity index (χ4n) is 4.87. The van der Waals surface area contributed by atoms with Gasteiger partial charge in [-0.3, -0.25) is 13.9 Å². The van der Waals surface area contributed by atoms with Crippen LogP contribution in [0.2, 0.25) is 0 Å². The molecule has 1 unspecified atom stereocenters. The first kappa shape index (κ1) is 31.4. The summed E-state index contributed by atoms with van der Waals surface area (Å²) in [7, 11) is -2.75. The predicted octanol–water partition coefficient (Wildman–Crippen LogP) is 5.33. The van der Waals surface area contributed by atoms with Crippen molar-refractivity contribution in [2.75, 3.05) is 17.9 Å². The van der Waals surface area contributed by atoms with Gasteiger partial charge in [-0.15, -0.1) is 0 Å². The van der Waals surface area contributed by atoms with Gasteiger partial charge in [0.1, 0.15) is 18.4 Å². The average Bonchev–Trinajstić information content (AvgIpc) is 3.00. The zero-order chi connectivity index (χ0) is 31.1. The van der Waals surface area contributed by atoms with Crippen LogP contribution in [0.3, 0.4) is 0 Å². The van der Waals surface area contributed by atoms with E-state index in [1.54, 1.807) is 49.4 Å². The summed E-state index contributed by atoms with van der Waals surface area (Å²) in [5.74, 6) is -1.63. The third-order valence-electron chi connectivity index (χ3n) is 7.34. The summed E-state index contributed by atoms with van der Waals surface area (Å²) in [4.78, 5) is 29.0. The third kappa shape index (κ3) is 7.48. The minimum atomic E-state index is -4.22. The van der Waals surface area contributed by atoms with E-state index in [2.05, 4.69) is 5.32 Å². The van der Waals surface area contributed by atoms with E-state index in [0.29, 0.717) is 11.3 Å². The number of anilines is 1. The first-order chi connectivity index (χ1) is 20.5. The van der Waals surface area contributed by atoms with Gasteiger partial charge in [0, 0.05) is 25.6 Å². The number of amides is 2. The number of sulfonamides is 1. The maximum Gasteiger partial charge on any atom is 0.264 e. The number of nitrogens with zero attached hydrogens (tertiary/aromatic N) is 2. The number of hydrogen-bond acceptors (Lipinski definition) is 4. The molecule has 0 heterocycles. The van der Waals surface area contributed by atoms with Crippen molar-refractivity contribution in [3.8, 4) is 0 Å². The van der Waals surface area contributed by atoms with E-state index in [1.165, 1.54) is 30.1 Å². The van der Waals surface area contributed by atoms with Gasteiger partial charge in [-0.1, -0.05) is 78.4 Å². The summed E-state index contributed by atoms with van der Waals surface area (Å²) in [5.41, 5.74) is 3.70. The Kier molecular flexibility index (Phi) is 9.98. The van der Waals surface area contributed by atoms with Gasteiger partial charge < -0.3 is 10.2 Å². The molecule has 0 saturated carbocycles. The molecular formula is C34H36FN3O4S. The van der Waals surface area contributed by atoms with Gasteiger partial charge in [-0.2, -0.15) is 0 Å². The molecule has 0 saturated heterocycles. The first-order valence-electron chi connectivity index (χ1n) is 14.0. The number of hydrogen-bond donors (Lipinski definition) is 1. The molecule has 0 aromatic heterocycles. The van der Waals surface area contributed by atoms with E-state index in [4.69, 9.17) is 0 Å². The van der Waals surface area contributed by atoms with E-state index in [-0.39, 0.29) is 23.4 Å². The van der Waals surface area contributed by atoms with E-state index < -0.39 is 40.2 Å². The van der Waals surface area contributed by atoms with Gasteiger partial charge in [-0.05, 0) is 61.7 Å². The second-order valence-electron chi connectivity index (χ2n) is 10.5. The zero-order valence-electron chi connectivity index (χ0n) is 24.7. The smallest absolute Gasteiger partial charge is 0.264 e. The Morgan fingerprint density at radius 3 is 2.12 bits per heavy atom. The van der Waals surface area contributed by atoms with Gasteiger partial charge >= 0.3 is 0 Å². The Labute approximate surface area is 253 Å². The van der Waals surface area contributed by atoms with Gasteiger partial charge in [0.05, 0.1) is 10.6 Å². The van der Waals surface area contributed by atoms with Crippen molar-refractivity contribution in [1.29, 1.82) is 0 Å². The van der Waals surface area contributed by atoms with Crippen LogP contribution < -0.4 is 9.62 Å². The largest absolute Gasteiger partial charge is 0.357 e. The summed E-state index contributed by atoms with van der Waals surface area (Å²) < 4.78 is 44.3. The molecule has 0 fully saturated rings. The molecule has 0 aliphatic rings. The quantitative estimate of drug-likeness (QED) is 0.252. The monoisotopic (exact) mass is 601 g/mol. The van der Waals surface area contributed by atoms with E-state index in [1.807, 2.05) is 50.2 Å². The van der Waals surface area contributed by atoms with Crippen molar-refractivity contribution < 1.29 is 22.4 Å². The van der Waals surface area contributed by atoms with Crippen LogP contribution >= 0.6 is 0 Å². The maximum atomic E-state index is 14.9. The standard InChI is InChI=1S/C34H36FN3O4S/c1-24-15-18-29(19-16-24)43(41,42)38(31-20-25(2)14-17-26(31)3)23-33(39)37(22-28-12-8-9-13-30(28)35)32(34(40)36-4)21-27-10-6-5-7-11-27/h5-20,32H,21-23H2,1-4H3,(H,36,40). The molecule has 1 N–H and O–H groups in total. The van der Waals surface area contributed by atoms with Crippen LogP contribution in [0.15, 0.2) is 102 Å². The highest BCUT2D eigenvalue weighted by Crippen LogP contribution is 2.29. The summed E-state index contributed by atoms with van der Waals surface area (Å²) in [6.45, 7) is 4.64. The molecule has 7 nitrogen and oxygen atoms in total. The number of aryl methyl sites for hydroxylation is 3. The Morgan fingerprint density at radius 2 is 1.47 bits per heavy atom. The van der Waals surface area contributed by atoms with Crippen molar-refractivity contribution in [2.45, 2.75) is 44.7 Å². The third-order valence-corrected chi connectivity index (χ3v) is 9.11. The SMILES string of the molecule is CNC(=O)C(Cc1ccccc1)N(Cc1ccccc1F)C(=O)CN(c1cc(C)ccc1C)S(=O)(=O)c1ccc(C)cc1. The minimum Gasteiger partial charge on any atom is -0.357 e. The highest BCUT2D eigenvalue weighted by molar-refractivity contribution is 7.92. The molecule has 0 spiro atoms. The number of carbonyl (C=O) groups is 2. The van der Waals surface area contributed by atoms with Crippen LogP contribution in [-0.4, -0.2) is 44.8 Å². The normalized spacial score (nSPS) is 11.9. The number of nitrogens with one attached hydrogen (secondary N) is 1. The lowest BCUT2D eigenvalue weighted by atomic mass is 10.0.